The first-order valence-corrected chi connectivity index (χ1v) is 6.75. The molecule has 0 bridgehead atoms. The van der Waals surface area contributed by atoms with Crippen LogP contribution in [0, 0.1) is 0 Å². The second-order valence-electron chi connectivity index (χ2n) is 4.66. The highest BCUT2D eigenvalue weighted by Crippen LogP contribution is 2.30. The van der Waals surface area contributed by atoms with Gasteiger partial charge < -0.3 is 5.32 Å². The van der Waals surface area contributed by atoms with Gasteiger partial charge in [0.2, 0.25) is 0 Å². The van der Waals surface area contributed by atoms with E-state index in [-0.39, 0.29) is 10.7 Å². The molecule has 0 aliphatic heterocycles. The number of pyridine rings is 1. The highest BCUT2D eigenvalue weighted by atomic mass is 35.5. The minimum atomic E-state index is -4.38. The first-order valence-electron chi connectivity index (χ1n) is 6.37. The Balaban J connectivity index is 2.11. The number of carbonyl (C=O) groups excluding carboxylic acids is 1. The SMILES string of the molecule is C[C@H](NC(=O)c1cccnc1Cl)c1ccc(C(F)(F)F)cc1. The molecule has 1 aromatic heterocycles. The van der Waals surface area contributed by atoms with E-state index in [4.69, 9.17) is 11.6 Å². The number of halogens is 4. The van der Waals surface area contributed by atoms with Crippen molar-refractivity contribution < 1.29 is 18.0 Å². The second-order valence-corrected chi connectivity index (χ2v) is 5.01. The fourth-order valence-electron chi connectivity index (χ4n) is 1.87. The molecule has 0 aliphatic carbocycles. The van der Waals surface area contributed by atoms with E-state index in [0.29, 0.717) is 5.56 Å². The summed E-state index contributed by atoms with van der Waals surface area (Å²) in [5, 5.41) is 2.74. The summed E-state index contributed by atoms with van der Waals surface area (Å²) in [4.78, 5) is 15.9. The van der Waals surface area contributed by atoms with Crippen LogP contribution in [0.2, 0.25) is 5.15 Å². The van der Waals surface area contributed by atoms with Crippen LogP contribution in [0.3, 0.4) is 0 Å². The number of hydrogen-bond acceptors (Lipinski definition) is 2. The van der Waals surface area contributed by atoms with Gasteiger partial charge in [-0.2, -0.15) is 13.2 Å². The van der Waals surface area contributed by atoms with E-state index in [2.05, 4.69) is 10.3 Å². The zero-order valence-corrected chi connectivity index (χ0v) is 12.2. The molecule has 0 radical (unpaired) electrons. The quantitative estimate of drug-likeness (QED) is 0.856. The Hall–Kier alpha value is -2.08. The number of nitrogens with zero attached hydrogens (tertiary/aromatic N) is 1. The zero-order chi connectivity index (χ0) is 16.3. The Kier molecular flexibility index (Phi) is 4.71. The summed E-state index contributed by atoms with van der Waals surface area (Å²) >= 11 is 5.82. The first-order chi connectivity index (χ1) is 10.3. The van der Waals surface area contributed by atoms with Gasteiger partial charge in [-0.25, -0.2) is 4.98 Å². The van der Waals surface area contributed by atoms with E-state index in [1.54, 1.807) is 13.0 Å². The van der Waals surface area contributed by atoms with Crippen LogP contribution in [0.1, 0.15) is 34.5 Å². The van der Waals surface area contributed by atoms with Crippen LogP contribution in [0.25, 0.3) is 0 Å². The number of amides is 1. The van der Waals surface area contributed by atoms with Gasteiger partial charge in [-0.1, -0.05) is 23.7 Å². The maximum atomic E-state index is 12.5. The summed E-state index contributed by atoms with van der Waals surface area (Å²) in [5.74, 6) is -0.439. The molecule has 116 valence electrons. The van der Waals surface area contributed by atoms with Crippen molar-refractivity contribution in [2.24, 2.45) is 0 Å². The third-order valence-corrected chi connectivity index (χ3v) is 3.39. The highest BCUT2D eigenvalue weighted by Gasteiger charge is 2.30. The lowest BCUT2D eigenvalue weighted by molar-refractivity contribution is -0.137. The van der Waals surface area contributed by atoms with Crippen LogP contribution in [0.4, 0.5) is 13.2 Å². The van der Waals surface area contributed by atoms with Gasteiger partial charge in [-0.05, 0) is 36.8 Å². The predicted molar refractivity (Wildman–Crippen MR) is 76.6 cm³/mol. The van der Waals surface area contributed by atoms with Crippen molar-refractivity contribution in [1.29, 1.82) is 0 Å². The van der Waals surface area contributed by atoms with Crippen molar-refractivity contribution >= 4 is 17.5 Å². The molecular weight excluding hydrogens is 317 g/mol. The summed E-state index contributed by atoms with van der Waals surface area (Å²) in [6, 6.07) is 7.25. The zero-order valence-electron chi connectivity index (χ0n) is 11.5. The van der Waals surface area contributed by atoms with Gasteiger partial charge >= 0.3 is 6.18 Å². The molecule has 0 saturated carbocycles. The predicted octanol–water partition coefficient (Wildman–Crippen LogP) is 4.24. The Morgan fingerprint density at radius 1 is 1.23 bits per heavy atom. The summed E-state index contributed by atoms with van der Waals surface area (Å²) in [7, 11) is 0. The molecule has 2 aromatic rings. The maximum Gasteiger partial charge on any atom is 0.416 e. The van der Waals surface area contributed by atoms with E-state index >= 15 is 0 Å². The lowest BCUT2D eigenvalue weighted by Crippen LogP contribution is -2.27. The fraction of sp³-hybridized carbons (Fsp3) is 0.200. The van der Waals surface area contributed by atoms with E-state index in [9.17, 15) is 18.0 Å². The van der Waals surface area contributed by atoms with Gasteiger partial charge in [0.25, 0.3) is 5.91 Å². The van der Waals surface area contributed by atoms with E-state index in [1.807, 2.05) is 0 Å². The summed E-state index contributed by atoms with van der Waals surface area (Å²) in [5.41, 5.74) is 0.0365. The molecular formula is C15H12ClF3N2O. The summed E-state index contributed by atoms with van der Waals surface area (Å²) in [6.07, 6.45) is -2.92. The maximum absolute atomic E-state index is 12.5. The molecule has 1 heterocycles. The highest BCUT2D eigenvalue weighted by molar-refractivity contribution is 6.32. The molecule has 0 aliphatic rings. The van der Waals surface area contributed by atoms with Gasteiger partial charge in [0.1, 0.15) is 5.15 Å². The third kappa shape index (κ3) is 3.76. The monoisotopic (exact) mass is 328 g/mol. The van der Waals surface area contributed by atoms with E-state index in [1.165, 1.54) is 24.4 Å². The minimum absolute atomic E-state index is 0.0691. The molecule has 22 heavy (non-hydrogen) atoms. The Morgan fingerprint density at radius 3 is 2.41 bits per heavy atom. The summed E-state index contributed by atoms with van der Waals surface area (Å²) < 4.78 is 37.5. The minimum Gasteiger partial charge on any atom is -0.345 e. The Bertz CT molecular complexity index is 671. The lowest BCUT2D eigenvalue weighted by Gasteiger charge is -2.15. The largest absolute Gasteiger partial charge is 0.416 e. The van der Waals surface area contributed by atoms with Crippen molar-refractivity contribution in [3.63, 3.8) is 0 Å². The molecule has 0 fully saturated rings. The van der Waals surface area contributed by atoms with Gasteiger partial charge in [0, 0.05) is 6.20 Å². The number of hydrogen-bond donors (Lipinski definition) is 1. The van der Waals surface area contributed by atoms with Crippen LogP contribution < -0.4 is 5.32 Å². The molecule has 1 atom stereocenters. The molecule has 0 saturated heterocycles. The van der Waals surface area contributed by atoms with Gasteiger partial charge in [0.05, 0.1) is 17.2 Å². The Labute approximate surface area is 130 Å². The van der Waals surface area contributed by atoms with Crippen molar-refractivity contribution in [1.82, 2.24) is 10.3 Å². The number of carbonyl (C=O) groups is 1. The number of alkyl halides is 3. The van der Waals surface area contributed by atoms with Crippen LogP contribution in [0.5, 0.6) is 0 Å². The van der Waals surface area contributed by atoms with Crippen LogP contribution in [-0.2, 0) is 6.18 Å². The smallest absolute Gasteiger partial charge is 0.345 e. The molecule has 0 unspecified atom stereocenters. The van der Waals surface area contributed by atoms with Crippen molar-refractivity contribution in [2.45, 2.75) is 19.1 Å². The standard InChI is InChI=1S/C15H12ClF3N2O/c1-9(10-4-6-11(7-5-10)15(17,18)19)21-14(22)12-3-2-8-20-13(12)16/h2-9H,1H3,(H,21,22)/t9-/m0/s1. The molecule has 7 heteroatoms. The molecule has 1 N–H and O–H groups in total. The number of nitrogens with one attached hydrogen (secondary N) is 1. The number of rotatable bonds is 3. The van der Waals surface area contributed by atoms with E-state index in [0.717, 1.165) is 12.1 Å². The molecule has 3 nitrogen and oxygen atoms in total. The average Bonchev–Trinajstić information content (AvgIpc) is 2.46. The van der Waals surface area contributed by atoms with Crippen LogP contribution >= 0.6 is 11.6 Å². The van der Waals surface area contributed by atoms with E-state index < -0.39 is 23.7 Å². The topological polar surface area (TPSA) is 42.0 Å². The first kappa shape index (κ1) is 16.3. The number of aromatic nitrogens is 1. The number of benzene rings is 1. The van der Waals surface area contributed by atoms with Crippen LogP contribution in [-0.4, -0.2) is 10.9 Å². The van der Waals surface area contributed by atoms with Crippen molar-refractivity contribution in [3.8, 4) is 0 Å². The molecule has 0 spiro atoms. The second kappa shape index (κ2) is 6.36. The van der Waals surface area contributed by atoms with Crippen LogP contribution in [0.15, 0.2) is 42.6 Å². The van der Waals surface area contributed by atoms with Crippen molar-refractivity contribution in [2.75, 3.05) is 0 Å². The lowest BCUT2D eigenvalue weighted by atomic mass is 10.1. The van der Waals surface area contributed by atoms with Gasteiger partial charge in [-0.3, -0.25) is 4.79 Å². The normalized spacial score (nSPS) is 12.8. The molecule has 1 amide bonds. The van der Waals surface area contributed by atoms with Crippen molar-refractivity contribution in [3.05, 3.63) is 64.4 Å². The molecule has 2 rings (SSSR count). The fourth-order valence-corrected chi connectivity index (χ4v) is 2.08. The van der Waals surface area contributed by atoms with Gasteiger partial charge in [0.15, 0.2) is 0 Å². The van der Waals surface area contributed by atoms with Gasteiger partial charge in [-0.15, -0.1) is 0 Å². The third-order valence-electron chi connectivity index (χ3n) is 3.09. The molecule has 1 aromatic carbocycles. The Morgan fingerprint density at radius 2 is 1.86 bits per heavy atom. The summed E-state index contributed by atoms with van der Waals surface area (Å²) in [6.45, 7) is 1.67. The average molecular weight is 329 g/mol.